The van der Waals surface area contributed by atoms with E-state index in [1.165, 1.54) is 11.8 Å². The van der Waals surface area contributed by atoms with Gasteiger partial charge in [-0.3, -0.25) is 4.79 Å². The average Bonchev–Trinajstić information content (AvgIpc) is 2.68. The molecule has 0 N–H and O–H groups in total. The molecule has 1 heterocycles. The molecule has 0 spiro atoms. The van der Waals surface area contributed by atoms with Crippen LogP contribution in [0.1, 0.15) is 13.8 Å². The largest absolute Gasteiger partial charge is 0.347 e. The molecule has 2 rings (SSSR count). The highest BCUT2D eigenvalue weighted by molar-refractivity contribution is 8.00. The topological polar surface area (TPSA) is 35.5 Å². The van der Waals surface area contributed by atoms with Gasteiger partial charge in [0, 0.05) is 4.90 Å². The summed E-state index contributed by atoms with van der Waals surface area (Å²) in [5, 5.41) is 0. The highest BCUT2D eigenvalue weighted by Crippen LogP contribution is 2.25. The second-order valence-corrected chi connectivity index (χ2v) is 5.43. The van der Waals surface area contributed by atoms with Crippen LogP contribution in [0, 0.1) is 0 Å². The summed E-state index contributed by atoms with van der Waals surface area (Å²) in [6.45, 7) is 4.01. The lowest BCUT2D eigenvalue weighted by molar-refractivity contribution is -0.150. The van der Waals surface area contributed by atoms with Crippen molar-refractivity contribution in [3.8, 4) is 0 Å². The number of carbonyl (C=O) groups excluding carboxylic acids is 1. The number of benzene rings is 1. The van der Waals surface area contributed by atoms with Crippen molar-refractivity contribution in [1.29, 1.82) is 0 Å². The minimum atomic E-state index is -0.627. The fourth-order valence-corrected chi connectivity index (χ4v) is 2.45. The first kappa shape index (κ1) is 12.6. The van der Waals surface area contributed by atoms with E-state index in [2.05, 4.69) is 0 Å². The van der Waals surface area contributed by atoms with Crippen LogP contribution in [-0.2, 0) is 14.3 Å². The highest BCUT2D eigenvalue weighted by Gasteiger charge is 2.36. The molecule has 1 saturated heterocycles. The third-order valence-electron chi connectivity index (χ3n) is 2.49. The van der Waals surface area contributed by atoms with Crippen molar-refractivity contribution in [2.24, 2.45) is 0 Å². The number of hydrogen-bond donors (Lipinski definition) is 0. The monoisotopic (exact) mass is 252 g/mol. The van der Waals surface area contributed by atoms with Crippen LogP contribution in [0.15, 0.2) is 35.2 Å². The number of rotatable bonds is 4. The number of carbonyl (C=O) groups is 1. The third-order valence-corrected chi connectivity index (χ3v) is 3.53. The summed E-state index contributed by atoms with van der Waals surface area (Å²) < 4.78 is 10.9. The quantitative estimate of drug-likeness (QED) is 0.771. The first-order valence-corrected chi connectivity index (χ1v) is 6.58. The molecule has 3 nitrogen and oxygen atoms in total. The Kier molecular flexibility index (Phi) is 3.86. The van der Waals surface area contributed by atoms with Gasteiger partial charge in [-0.1, -0.05) is 18.2 Å². The number of ketones is 1. The highest BCUT2D eigenvalue weighted by atomic mass is 32.2. The molecule has 1 unspecified atom stereocenters. The van der Waals surface area contributed by atoms with Crippen LogP contribution < -0.4 is 0 Å². The van der Waals surface area contributed by atoms with E-state index in [0.717, 1.165) is 4.90 Å². The van der Waals surface area contributed by atoms with Gasteiger partial charge in [0.15, 0.2) is 11.6 Å². The van der Waals surface area contributed by atoms with Crippen molar-refractivity contribution < 1.29 is 14.3 Å². The van der Waals surface area contributed by atoms with Crippen LogP contribution in [0.3, 0.4) is 0 Å². The zero-order valence-corrected chi connectivity index (χ0v) is 10.8. The molecule has 0 bridgehead atoms. The summed E-state index contributed by atoms with van der Waals surface area (Å²) in [6, 6.07) is 9.88. The van der Waals surface area contributed by atoms with E-state index in [1.807, 2.05) is 44.2 Å². The molecule has 1 fully saturated rings. The SMILES string of the molecule is CC1(C)OCC(C(=O)CSc2ccccc2)O1. The van der Waals surface area contributed by atoms with Crippen molar-refractivity contribution in [1.82, 2.24) is 0 Å². The number of Topliss-reactive ketones (excluding diaryl/α,β-unsaturated/α-hetero) is 1. The summed E-state index contributed by atoms with van der Waals surface area (Å²) in [7, 11) is 0. The molecular formula is C13H16O3S. The number of thioether (sulfide) groups is 1. The Hall–Kier alpha value is -0.840. The zero-order chi connectivity index (χ0) is 12.3. The van der Waals surface area contributed by atoms with Crippen molar-refractivity contribution in [3.63, 3.8) is 0 Å². The summed E-state index contributed by atoms with van der Waals surface area (Å²) in [5.41, 5.74) is 0. The standard InChI is InChI=1S/C13H16O3S/c1-13(2)15-8-12(16-13)11(14)9-17-10-6-4-3-5-7-10/h3-7,12H,8-9H2,1-2H3. The minimum absolute atomic E-state index is 0.0874. The molecule has 1 aromatic rings. The minimum Gasteiger partial charge on any atom is -0.347 e. The van der Waals surface area contributed by atoms with Gasteiger partial charge in [0.05, 0.1) is 12.4 Å². The summed E-state index contributed by atoms with van der Waals surface area (Å²) in [5.74, 6) is -0.115. The van der Waals surface area contributed by atoms with Gasteiger partial charge in [-0.25, -0.2) is 0 Å². The first-order valence-electron chi connectivity index (χ1n) is 5.59. The lowest BCUT2D eigenvalue weighted by Gasteiger charge is -2.16. The Morgan fingerprint density at radius 1 is 1.41 bits per heavy atom. The Morgan fingerprint density at radius 2 is 2.12 bits per heavy atom. The Morgan fingerprint density at radius 3 is 2.71 bits per heavy atom. The fraction of sp³-hybridized carbons (Fsp3) is 0.462. The molecule has 1 aliphatic rings. The third kappa shape index (κ3) is 3.56. The second-order valence-electron chi connectivity index (χ2n) is 4.39. The molecule has 4 heteroatoms. The Labute approximate surface area is 105 Å². The molecule has 0 amide bonds. The van der Waals surface area contributed by atoms with E-state index in [-0.39, 0.29) is 5.78 Å². The van der Waals surface area contributed by atoms with Gasteiger partial charge in [-0.15, -0.1) is 11.8 Å². The van der Waals surface area contributed by atoms with Crippen LogP contribution in [-0.4, -0.2) is 30.0 Å². The molecule has 92 valence electrons. The van der Waals surface area contributed by atoms with Gasteiger partial charge in [-0.05, 0) is 26.0 Å². The molecule has 0 saturated carbocycles. The van der Waals surface area contributed by atoms with E-state index >= 15 is 0 Å². The van der Waals surface area contributed by atoms with Crippen LogP contribution in [0.25, 0.3) is 0 Å². The van der Waals surface area contributed by atoms with Crippen LogP contribution in [0.5, 0.6) is 0 Å². The lowest BCUT2D eigenvalue weighted by atomic mass is 10.3. The van der Waals surface area contributed by atoms with Gasteiger partial charge in [0.2, 0.25) is 0 Å². The maximum atomic E-state index is 11.9. The summed E-state index contributed by atoms with van der Waals surface area (Å²) >= 11 is 1.53. The molecule has 17 heavy (non-hydrogen) atoms. The van der Waals surface area contributed by atoms with Crippen molar-refractivity contribution in [2.75, 3.05) is 12.4 Å². The van der Waals surface area contributed by atoms with E-state index in [4.69, 9.17) is 9.47 Å². The van der Waals surface area contributed by atoms with Gasteiger partial charge in [0.25, 0.3) is 0 Å². The van der Waals surface area contributed by atoms with Crippen molar-refractivity contribution >= 4 is 17.5 Å². The van der Waals surface area contributed by atoms with E-state index in [0.29, 0.717) is 12.4 Å². The number of hydrogen-bond acceptors (Lipinski definition) is 4. The van der Waals surface area contributed by atoms with E-state index in [9.17, 15) is 4.79 Å². The molecule has 1 atom stereocenters. The Bertz CT molecular complexity index is 389. The van der Waals surface area contributed by atoms with Crippen LogP contribution in [0.2, 0.25) is 0 Å². The maximum Gasteiger partial charge on any atom is 0.174 e. The molecular weight excluding hydrogens is 236 g/mol. The average molecular weight is 252 g/mol. The smallest absolute Gasteiger partial charge is 0.174 e. The van der Waals surface area contributed by atoms with Gasteiger partial charge in [0.1, 0.15) is 6.10 Å². The Balaban J connectivity index is 1.83. The summed E-state index contributed by atoms with van der Waals surface area (Å²) in [6.07, 6.45) is -0.416. The van der Waals surface area contributed by atoms with Crippen molar-refractivity contribution in [2.45, 2.75) is 30.6 Å². The molecule has 1 aliphatic heterocycles. The maximum absolute atomic E-state index is 11.9. The van der Waals surface area contributed by atoms with Crippen LogP contribution in [0.4, 0.5) is 0 Å². The fourth-order valence-electron chi connectivity index (χ4n) is 1.61. The van der Waals surface area contributed by atoms with Gasteiger partial charge >= 0.3 is 0 Å². The first-order chi connectivity index (χ1) is 8.07. The number of ether oxygens (including phenoxy) is 2. The molecule has 0 radical (unpaired) electrons. The molecule has 0 aliphatic carbocycles. The van der Waals surface area contributed by atoms with Gasteiger partial charge < -0.3 is 9.47 Å². The van der Waals surface area contributed by atoms with E-state index in [1.54, 1.807) is 0 Å². The van der Waals surface area contributed by atoms with Gasteiger partial charge in [-0.2, -0.15) is 0 Å². The van der Waals surface area contributed by atoms with Crippen molar-refractivity contribution in [3.05, 3.63) is 30.3 Å². The lowest BCUT2D eigenvalue weighted by Crippen LogP contribution is -2.28. The predicted molar refractivity (Wildman–Crippen MR) is 67.1 cm³/mol. The summed E-state index contributed by atoms with van der Waals surface area (Å²) in [4.78, 5) is 13.0. The molecule has 1 aromatic carbocycles. The van der Waals surface area contributed by atoms with Crippen LogP contribution >= 0.6 is 11.8 Å². The van der Waals surface area contributed by atoms with E-state index < -0.39 is 11.9 Å². The second kappa shape index (κ2) is 5.21. The normalized spacial score (nSPS) is 22.6. The zero-order valence-electron chi connectivity index (χ0n) is 10.0. The predicted octanol–water partition coefficient (Wildman–Crippen LogP) is 2.50. The molecule has 0 aromatic heterocycles.